The number of likely N-dealkylation sites (tertiary alicyclic amines) is 1. The standard InChI is InChI=1S/C21H24FN3O3/c1-13-9-10-14(21(27)28)12-24(13)20(26)19-17-7-2-3-8-18(17)25(23-19)16-6-4-5-15(22)11-16/h4-6,11,13-14H,2-3,7-10,12H2,1H3,(H,27,28). The van der Waals surface area contributed by atoms with Crippen molar-refractivity contribution in [3.63, 3.8) is 0 Å². The van der Waals surface area contributed by atoms with Gasteiger partial charge in [-0.15, -0.1) is 0 Å². The predicted octanol–water partition coefficient (Wildman–Crippen LogP) is 3.22. The number of amides is 1. The second-order valence-corrected chi connectivity index (χ2v) is 7.79. The van der Waals surface area contributed by atoms with Crippen molar-refractivity contribution < 1.29 is 19.1 Å². The number of aromatic nitrogens is 2. The van der Waals surface area contributed by atoms with Crippen LogP contribution in [0.15, 0.2) is 24.3 Å². The molecule has 2 aliphatic rings. The number of hydrogen-bond donors (Lipinski definition) is 1. The fourth-order valence-electron chi connectivity index (χ4n) is 4.32. The number of piperidine rings is 1. The smallest absolute Gasteiger partial charge is 0.308 e. The van der Waals surface area contributed by atoms with Crippen LogP contribution in [-0.2, 0) is 17.6 Å². The van der Waals surface area contributed by atoms with Crippen molar-refractivity contribution in [1.29, 1.82) is 0 Å². The Morgan fingerprint density at radius 3 is 2.75 bits per heavy atom. The van der Waals surface area contributed by atoms with Crippen molar-refractivity contribution in [2.75, 3.05) is 6.54 Å². The molecule has 1 saturated heterocycles. The van der Waals surface area contributed by atoms with E-state index in [4.69, 9.17) is 0 Å². The Balaban J connectivity index is 1.73. The highest BCUT2D eigenvalue weighted by Gasteiger charge is 2.36. The van der Waals surface area contributed by atoms with Gasteiger partial charge in [-0.25, -0.2) is 9.07 Å². The summed E-state index contributed by atoms with van der Waals surface area (Å²) < 4.78 is 15.4. The lowest BCUT2D eigenvalue weighted by molar-refractivity contribution is -0.143. The Hall–Kier alpha value is -2.70. The van der Waals surface area contributed by atoms with E-state index >= 15 is 0 Å². The second-order valence-electron chi connectivity index (χ2n) is 7.79. The molecule has 7 heteroatoms. The number of rotatable bonds is 3. The summed E-state index contributed by atoms with van der Waals surface area (Å²) in [6.45, 7) is 2.16. The van der Waals surface area contributed by atoms with Gasteiger partial charge in [-0.1, -0.05) is 6.07 Å². The SMILES string of the molecule is CC1CCC(C(=O)O)CN1C(=O)c1nn(-c2cccc(F)c2)c2c1CCCC2. The molecule has 2 atom stereocenters. The van der Waals surface area contributed by atoms with E-state index in [0.717, 1.165) is 36.9 Å². The number of nitrogens with zero attached hydrogens (tertiary/aromatic N) is 3. The lowest BCUT2D eigenvalue weighted by atomic mass is 9.91. The highest BCUT2D eigenvalue weighted by atomic mass is 19.1. The number of halogens is 1. The normalized spacial score (nSPS) is 22.0. The van der Waals surface area contributed by atoms with Crippen LogP contribution >= 0.6 is 0 Å². The maximum atomic E-state index is 13.7. The molecule has 0 bridgehead atoms. The highest BCUT2D eigenvalue weighted by Crippen LogP contribution is 2.30. The molecule has 1 aliphatic carbocycles. The van der Waals surface area contributed by atoms with E-state index in [9.17, 15) is 19.1 Å². The summed E-state index contributed by atoms with van der Waals surface area (Å²) in [5.74, 6) is -1.97. The van der Waals surface area contributed by atoms with Crippen LogP contribution < -0.4 is 0 Å². The van der Waals surface area contributed by atoms with Crippen molar-refractivity contribution >= 4 is 11.9 Å². The van der Waals surface area contributed by atoms with E-state index in [2.05, 4.69) is 5.10 Å². The molecule has 0 spiro atoms. The zero-order valence-corrected chi connectivity index (χ0v) is 15.9. The Kier molecular flexibility index (Phi) is 4.91. The molecular weight excluding hydrogens is 361 g/mol. The molecule has 0 radical (unpaired) electrons. The lowest BCUT2D eigenvalue weighted by Crippen LogP contribution is -2.47. The minimum Gasteiger partial charge on any atom is -0.481 e. The van der Waals surface area contributed by atoms with Crippen LogP contribution in [0, 0.1) is 11.7 Å². The van der Waals surface area contributed by atoms with Crippen molar-refractivity contribution in [3.05, 3.63) is 47.0 Å². The maximum absolute atomic E-state index is 13.7. The third-order valence-corrected chi connectivity index (χ3v) is 5.93. The third kappa shape index (κ3) is 3.30. The van der Waals surface area contributed by atoms with Crippen LogP contribution in [-0.4, -0.2) is 44.3 Å². The topological polar surface area (TPSA) is 75.4 Å². The van der Waals surface area contributed by atoms with Crippen LogP contribution in [0.1, 0.15) is 54.4 Å². The zero-order valence-electron chi connectivity index (χ0n) is 15.9. The van der Waals surface area contributed by atoms with Gasteiger partial charge in [0.25, 0.3) is 5.91 Å². The molecule has 2 aromatic rings. The second kappa shape index (κ2) is 7.37. The molecule has 1 aromatic carbocycles. The molecule has 1 fully saturated rings. The fraction of sp³-hybridized carbons (Fsp3) is 0.476. The van der Waals surface area contributed by atoms with Gasteiger partial charge in [-0.05, 0) is 63.6 Å². The number of fused-ring (bicyclic) bond motifs is 1. The number of hydrogen-bond acceptors (Lipinski definition) is 3. The van der Waals surface area contributed by atoms with E-state index in [1.165, 1.54) is 12.1 Å². The van der Waals surface area contributed by atoms with E-state index in [1.54, 1.807) is 21.7 Å². The Labute approximate surface area is 163 Å². The average molecular weight is 385 g/mol. The molecule has 2 unspecified atom stereocenters. The number of carboxylic acids is 1. The van der Waals surface area contributed by atoms with Crippen LogP contribution in [0.2, 0.25) is 0 Å². The van der Waals surface area contributed by atoms with Gasteiger partial charge in [0.1, 0.15) is 5.82 Å². The van der Waals surface area contributed by atoms with E-state index in [0.29, 0.717) is 24.2 Å². The first-order valence-electron chi connectivity index (χ1n) is 9.86. The van der Waals surface area contributed by atoms with E-state index < -0.39 is 11.9 Å². The summed E-state index contributed by atoms with van der Waals surface area (Å²) in [7, 11) is 0. The van der Waals surface area contributed by atoms with Crippen LogP contribution in [0.4, 0.5) is 4.39 Å². The van der Waals surface area contributed by atoms with Gasteiger partial charge in [0.15, 0.2) is 5.69 Å². The first-order chi connectivity index (χ1) is 13.5. The van der Waals surface area contributed by atoms with E-state index in [1.807, 2.05) is 6.92 Å². The van der Waals surface area contributed by atoms with Crippen LogP contribution in [0.25, 0.3) is 5.69 Å². The van der Waals surface area contributed by atoms with Crippen molar-refractivity contribution in [2.45, 2.75) is 51.5 Å². The molecule has 1 aromatic heterocycles. The number of benzene rings is 1. The highest BCUT2D eigenvalue weighted by molar-refractivity contribution is 5.95. The summed E-state index contributed by atoms with van der Waals surface area (Å²) in [4.78, 5) is 26.4. The third-order valence-electron chi connectivity index (χ3n) is 5.93. The predicted molar refractivity (Wildman–Crippen MR) is 101 cm³/mol. The summed E-state index contributed by atoms with van der Waals surface area (Å²) in [5, 5.41) is 14.0. The fourth-order valence-corrected chi connectivity index (χ4v) is 4.32. The number of aliphatic carboxylic acids is 1. The summed E-state index contributed by atoms with van der Waals surface area (Å²) in [6.07, 6.45) is 4.78. The lowest BCUT2D eigenvalue weighted by Gasteiger charge is -2.36. The summed E-state index contributed by atoms with van der Waals surface area (Å²) in [5.41, 5.74) is 2.87. The summed E-state index contributed by atoms with van der Waals surface area (Å²) >= 11 is 0. The first-order valence-corrected chi connectivity index (χ1v) is 9.86. The Bertz CT molecular complexity index is 924. The minimum atomic E-state index is -0.864. The van der Waals surface area contributed by atoms with Gasteiger partial charge in [-0.2, -0.15) is 5.10 Å². The zero-order chi connectivity index (χ0) is 19.8. The average Bonchev–Trinajstić information content (AvgIpc) is 3.07. The number of carbonyl (C=O) groups excluding carboxylic acids is 1. The summed E-state index contributed by atoms with van der Waals surface area (Å²) in [6, 6.07) is 6.19. The maximum Gasteiger partial charge on any atom is 0.308 e. The van der Waals surface area contributed by atoms with E-state index in [-0.39, 0.29) is 24.3 Å². The molecular formula is C21H24FN3O3. The van der Waals surface area contributed by atoms with Gasteiger partial charge in [-0.3, -0.25) is 9.59 Å². The molecule has 4 rings (SSSR count). The van der Waals surface area contributed by atoms with Crippen LogP contribution in [0.5, 0.6) is 0 Å². The Morgan fingerprint density at radius 2 is 2.00 bits per heavy atom. The first kappa shape index (κ1) is 18.7. The molecule has 2 heterocycles. The van der Waals surface area contributed by atoms with Crippen molar-refractivity contribution in [2.24, 2.45) is 5.92 Å². The molecule has 28 heavy (non-hydrogen) atoms. The monoisotopic (exact) mass is 385 g/mol. The molecule has 148 valence electrons. The molecule has 1 aliphatic heterocycles. The minimum absolute atomic E-state index is 0.0262. The quantitative estimate of drug-likeness (QED) is 0.880. The van der Waals surface area contributed by atoms with Gasteiger partial charge in [0.05, 0.1) is 11.6 Å². The van der Waals surface area contributed by atoms with Gasteiger partial charge >= 0.3 is 5.97 Å². The molecule has 6 nitrogen and oxygen atoms in total. The molecule has 1 amide bonds. The Morgan fingerprint density at radius 1 is 1.21 bits per heavy atom. The van der Waals surface area contributed by atoms with Crippen molar-refractivity contribution in [1.82, 2.24) is 14.7 Å². The molecule has 0 saturated carbocycles. The van der Waals surface area contributed by atoms with Crippen LogP contribution in [0.3, 0.4) is 0 Å². The number of carboxylic acid groups (broad SMARTS) is 1. The largest absolute Gasteiger partial charge is 0.481 e. The van der Waals surface area contributed by atoms with Crippen molar-refractivity contribution in [3.8, 4) is 5.69 Å². The van der Waals surface area contributed by atoms with Gasteiger partial charge < -0.3 is 10.0 Å². The number of carbonyl (C=O) groups is 2. The molecule has 1 N–H and O–H groups in total. The van der Waals surface area contributed by atoms with Gasteiger partial charge in [0.2, 0.25) is 0 Å². The van der Waals surface area contributed by atoms with Gasteiger partial charge in [0, 0.05) is 23.8 Å².